The summed E-state index contributed by atoms with van der Waals surface area (Å²) in [5, 5.41) is 20.9. The molecule has 3 nitrogen and oxygen atoms in total. The Hall–Kier alpha value is -3.22. The Morgan fingerprint density at radius 1 is 1.32 bits per heavy atom. The van der Waals surface area contributed by atoms with E-state index in [0.29, 0.717) is 12.0 Å². The van der Waals surface area contributed by atoms with E-state index < -0.39 is 10.8 Å². The van der Waals surface area contributed by atoms with Gasteiger partial charge >= 0.3 is 0 Å². The minimum absolute atomic E-state index is 0.104. The van der Waals surface area contributed by atoms with Gasteiger partial charge in [-0.3, -0.25) is 0 Å². The summed E-state index contributed by atoms with van der Waals surface area (Å²) in [5.41, 5.74) is 8.53. The van der Waals surface area contributed by atoms with Gasteiger partial charge in [0.25, 0.3) is 0 Å². The molecule has 2 aliphatic rings. The Morgan fingerprint density at radius 2 is 2.00 bits per heavy atom. The molecule has 2 aliphatic carbocycles. The van der Waals surface area contributed by atoms with Crippen LogP contribution in [0.25, 0.3) is 0 Å². The van der Waals surface area contributed by atoms with Gasteiger partial charge in [-0.1, -0.05) is 55.3 Å². The fourth-order valence-electron chi connectivity index (χ4n) is 5.29. The van der Waals surface area contributed by atoms with E-state index in [0.717, 1.165) is 41.5 Å². The summed E-state index contributed by atoms with van der Waals surface area (Å²) in [6, 6.07) is 12.6. The zero-order valence-electron chi connectivity index (χ0n) is 16.5. The van der Waals surface area contributed by atoms with Gasteiger partial charge in [0.05, 0.1) is 23.3 Å². The first-order valence-corrected chi connectivity index (χ1v) is 9.70. The topological polar surface area (TPSA) is 73.6 Å². The third-order valence-electron chi connectivity index (χ3n) is 6.55. The van der Waals surface area contributed by atoms with Gasteiger partial charge in [-0.15, -0.1) is 6.42 Å². The fraction of sp³-hybridized carbons (Fsp3) is 0.360. The number of nitrogens with two attached hydrogens (primary N) is 1. The number of aryl methyl sites for hydroxylation is 1. The molecule has 140 valence electrons. The third kappa shape index (κ3) is 2.22. The highest BCUT2D eigenvalue weighted by Crippen LogP contribution is 2.63. The molecule has 0 aromatic heterocycles. The normalized spacial score (nSPS) is 25.5. The predicted molar refractivity (Wildman–Crippen MR) is 111 cm³/mol. The van der Waals surface area contributed by atoms with Crippen LogP contribution in [0.1, 0.15) is 43.7 Å². The van der Waals surface area contributed by atoms with E-state index >= 15 is 0 Å². The largest absolute Gasteiger partial charge is 0.399 e. The average molecular weight is 367 g/mol. The molecule has 0 radical (unpaired) electrons. The van der Waals surface area contributed by atoms with Crippen molar-refractivity contribution in [3.05, 3.63) is 70.5 Å². The maximum Gasteiger partial charge on any atom is 0.197 e. The summed E-state index contributed by atoms with van der Waals surface area (Å²) in [6.07, 6.45) is 11.3. The second-order valence-corrected chi connectivity index (χ2v) is 7.63. The SMILES string of the molecule is C#CC1=C(N)C(C#N)(C#N)C(C(=C)CC)(c2ccccc2C)C2CCCC=C12. The van der Waals surface area contributed by atoms with E-state index in [-0.39, 0.29) is 11.6 Å². The lowest BCUT2D eigenvalue weighted by atomic mass is 9.44. The smallest absolute Gasteiger partial charge is 0.197 e. The van der Waals surface area contributed by atoms with Crippen molar-refractivity contribution in [2.75, 3.05) is 0 Å². The zero-order valence-corrected chi connectivity index (χ0v) is 16.5. The maximum atomic E-state index is 10.4. The van der Waals surface area contributed by atoms with Crippen molar-refractivity contribution in [2.24, 2.45) is 17.1 Å². The Morgan fingerprint density at radius 3 is 2.57 bits per heavy atom. The third-order valence-corrected chi connectivity index (χ3v) is 6.55. The summed E-state index contributed by atoms with van der Waals surface area (Å²) in [4.78, 5) is 0. The molecule has 0 spiro atoms. The number of hydrogen-bond donors (Lipinski definition) is 1. The number of hydrogen-bond acceptors (Lipinski definition) is 3. The molecule has 0 fully saturated rings. The molecule has 2 atom stereocenters. The number of nitriles is 2. The Labute approximate surface area is 167 Å². The van der Waals surface area contributed by atoms with Crippen LogP contribution in [0.15, 0.2) is 59.3 Å². The van der Waals surface area contributed by atoms with Crippen molar-refractivity contribution in [1.29, 1.82) is 10.5 Å². The fourth-order valence-corrected chi connectivity index (χ4v) is 5.29. The van der Waals surface area contributed by atoms with E-state index in [4.69, 9.17) is 12.2 Å². The minimum atomic E-state index is -1.60. The molecule has 28 heavy (non-hydrogen) atoms. The van der Waals surface area contributed by atoms with E-state index in [9.17, 15) is 10.5 Å². The summed E-state index contributed by atoms with van der Waals surface area (Å²) >= 11 is 0. The van der Waals surface area contributed by atoms with Crippen LogP contribution in [-0.2, 0) is 5.41 Å². The summed E-state index contributed by atoms with van der Waals surface area (Å²) < 4.78 is 0. The van der Waals surface area contributed by atoms with Gasteiger partial charge in [0, 0.05) is 11.5 Å². The van der Waals surface area contributed by atoms with Crippen LogP contribution in [0.5, 0.6) is 0 Å². The molecule has 0 heterocycles. The average Bonchev–Trinajstić information content (AvgIpc) is 2.73. The van der Waals surface area contributed by atoms with Crippen molar-refractivity contribution < 1.29 is 0 Å². The van der Waals surface area contributed by atoms with Gasteiger partial charge in [-0.05, 0) is 49.3 Å². The molecule has 1 aromatic carbocycles. The molecule has 0 bridgehead atoms. The highest BCUT2D eigenvalue weighted by Gasteiger charge is 2.65. The second-order valence-electron chi connectivity index (χ2n) is 7.63. The highest BCUT2D eigenvalue weighted by atomic mass is 14.8. The van der Waals surface area contributed by atoms with Gasteiger partial charge in [0.1, 0.15) is 0 Å². The van der Waals surface area contributed by atoms with Crippen LogP contribution in [0.4, 0.5) is 0 Å². The lowest BCUT2D eigenvalue weighted by Crippen LogP contribution is -2.57. The van der Waals surface area contributed by atoms with Gasteiger partial charge in [-0.2, -0.15) is 10.5 Å². The monoisotopic (exact) mass is 367 g/mol. The molecular formula is C25H25N3. The number of rotatable bonds is 3. The van der Waals surface area contributed by atoms with Crippen LogP contribution in [-0.4, -0.2) is 0 Å². The number of allylic oxidation sites excluding steroid dienone is 5. The van der Waals surface area contributed by atoms with E-state index in [2.05, 4.69) is 30.7 Å². The van der Waals surface area contributed by atoms with Crippen molar-refractivity contribution in [3.8, 4) is 24.5 Å². The summed E-state index contributed by atoms with van der Waals surface area (Å²) in [7, 11) is 0. The predicted octanol–water partition coefficient (Wildman–Crippen LogP) is 4.82. The first-order chi connectivity index (χ1) is 13.5. The van der Waals surface area contributed by atoms with Crippen LogP contribution >= 0.6 is 0 Å². The first kappa shape index (κ1) is 19.5. The van der Waals surface area contributed by atoms with Crippen LogP contribution in [0, 0.1) is 53.3 Å². The molecule has 0 aliphatic heterocycles. The van der Waals surface area contributed by atoms with Crippen molar-refractivity contribution in [2.45, 2.75) is 44.9 Å². The van der Waals surface area contributed by atoms with Crippen molar-refractivity contribution in [1.82, 2.24) is 0 Å². The number of benzene rings is 1. The molecule has 0 saturated heterocycles. The zero-order chi connectivity index (χ0) is 20.5. The quantitative estimate of drug-likeness (QED) is 0.615. The molecule has 0 saturated carbocycles. The summed E-state index contributed by atoms with van der Waals surface area (Å²) in [6.45, 7) is 8.43. The molecule has 3 rings (SSSR count). The van der Waals surface area contributed by atoms with Crippen molar-refractivity contribution in [3.63, 3.8) is 0 Å². The van der Waals surface area contributed by atoms with Gasteiger partial charge < -0.3 is 5.73 Å². The maximum absolute atomic E-state index is 10.4. The lowest BCUT2D eigenvalue weighted by Gasteiger charge is -2.55. The van der Waals surface area contributed by atoms with Gasteiger partial charge in [-0.25, -0.2) is 0 Å². The number of terminal acetylenes is 1. The molecule has 2 unspecified atom stereocenters. The van der Waals surface area contributed by atoms with Gasteiger partial charge in [0.2, 0.25) is 0 Å². The number of nitrogens with zero attached hydrogens (tertiary/aromatic N) is 2. The molecule has 2 N–H and O–H groups in total. The standard InChI is InChI=1S/C25H25N3/c1-5-18(4)25(21-13-9-7-11-17(21)3)22-14-10-8-12-20(22)19(6-2)23(28)24(25,15-26)16-27/h2,7,9,11-13,22H,4-5,8,10,14,28H2,1,3H3. The molecular weight excluding hydrogens is 342 g/mol. The van der Waals surface area contributed by atoms with Crippen LogP contribution < -0.4 is 5.73 Å². The summed E-state index contributed by atoms with van der Waals surface area (Å²) in [5.74, 6) is 2.59. The van der Waals surface area contributed by atoms with E-state index in [1.165, 1.54) is 0 Å². The Kier molecular flexibility index (Phi) is 4.93. The van der Waals surface area contributed by atoms with E-state index in [1.54, 1.807) is 0 Å². The second kappa shape index (κ2) is 7.07. The lowest BCUT2D eigenvalue weighted by molar-refractivity contribution is 0.212. The van der Waals surface area contributed by atoms with Crippen LogP contribution in [0.3, 0.4) is 0 Å². The van der Waals surface area contributed by atoms with E-state index in [1.807, 2.05) is 38.1 Å². The van der Waals surface area contributed by atoms with Crippen LogP contribution in [0.2, 0.25) is 0 Å². The molecule has 0 amide bonds. The minimum Gasteiger partial charge on any atom is -0.399 e. The molecule has 1 aromatic rings. The Bertz CT molecular complexity index is 1010. The highest BCUT2D eigenvalue weighted by molar-refractivity contribution is 5.66. The Balaban J connectivity index is 2.60. The first-order valence-electron chi connectivity index (χ1n) is 9.70. The van der Waals surface area contributed by atoms with Gasteiger partial charge in [0.15, 0.2) is 5.41 Å². The van der Waals surface area contributed by atoms with Crippen molar-refractivity contribution >= 4 is 0 Å². The number of fused-ring (bicyclic) bond motifs is 1. The molecule has 3 heteroatoms.